The van der Waals surface area contributed by atoms with Crippen LogP contribution in [-0.4, -0.2) is 72.0 Å². The van der Waals surface area contributed by atoms with Crippen molar-refractivity contribution in [2.75, 3.05) is 25.0 Å². The number of piperidine rings is 1. The molecule has 2 N–H and O–H groups in total. The zero-order chi connectivity index (χ0) is 24.6. The van der Waals surface area contributed by atoms with Crippen molar-refractivity contribution in [3.63, 3.8) is 0 Å². The summed E-state index contributed by atoms with van der Waals surface area (Å²) in [7, 11) is 0. The van der Waals surface area contributed by atoms with Crippen molar-refractivity contribution < 1.29 is 14.6 Å². The van der Waals surface area contributed by atoms with Crippen LogP contribution in [-0.2, 0) is 4.74 Å². The number of likely N-dealkylation sites (tertiary alicyclic amines) is 1. The van der Waals surface area contributed by atoms with Crippen LogP contribution in [0.3, 0.4) is 0 Å². The largest absolute Gasteiger partial charge is 0.444 e. The molecular weight excluding hydrogens is 446 g/mol. The molecule has 5 rings (SSSR count). The molecule has 1 saturated carbocycles. The van der Waals surface area contributed by atoms with Crippen molar-refractivity contribution in [3.8, 4) is 11.4 Å². The lowest BCUT2D eigenvalue weighted by Crippen LogP contribution is -2.49. The van der Waals surface area contributed by atoms with Crippen LogP contribution in [0.1, 0.15) is 58.1 Å². The Morgan fingerprint density at radius 2 is 2.00 bits per heavy atom. The number of fused-ring (bicyclic) bond motifs is 1. The van der Waals surface area contributed by atoms with Gasteiger partial charge in [-0.05, 0) is 52.2 Å². The topological polar surface area (TPSA) is 118 Å². The van der Waals surface area contributed by atoms with Gasteiger partial charge in [0.25, 0.3) is 0 Å². The van der Waals surface area contributed by atoms with Crippen LogP contribution in [0, 0.1) is 5.92 Å². The Bertz CT molecular complexity index is 1200. The summed E-state index contributed by atoms with van der Waals surface area (Å²) in [6, 6.07) is 5.81. The van der Waals surface area contributed by atoms with Crippen LogP contribution in [0.4, 0.5) is 10.7 Å². The molecule has 1 aliphatic carbocycles. The zero-order valence-corrected chi connectivity index (χ0v) is 20.5. The van der Waals surface area contributed by atoms with Crippen LogP contribution >= 0.6 is 0 Å². The Kier molecular flexibility index (Phi) is 6.31. The van der Waals surface area contributed by atoms with Gasteiger partial charge in [-0.3, -0.25) is 0 Å². The first kappa shape index (κ1) is 23.5. The summed E-state index contributed by atoms with van der Waals surface area (Å²) in [6.45, 7) is 6.80. The van der Waals surface area contributed by atoms with Crippen LogP contribution in [0.5, 0.6) is 0 Å². The molecule has 1 aliphatic heterocycles. The average molecular weight is 480 g/mol. The van der Waals surface area contributed by atoms with E-state index in [0.717, 1.165) is 22.7 Å². The molecule has 2 atom stereocenters. The minimum Gasteiger partial charge on any atom is -0.444 e. The summed E-state index contributed by atoms with van der Waals surface area (Å²) in [5.74, 6) is 1.02. The fraction of sp³-hybridized carbons (Fsp3) is 0.560. The van der Waals surface area contributed by atoms with Crippen molar-refractivity contribution in [2.45, 2.75) is 64.1 Å². The third-order valence-corrected chi connectivity index (χ3v) is 6.68. The first-order valence-electron chi connectivity index (χ1n) is 12.3. The number of ether oxygens (including phenoxy) is 1. The highest BCUT2D eigenvalue weighted by Crippen LogP contribution is 2.35. The second-order valence-corrected chi connectivity index (χ2v) is 10.5. The Balaban J connectivity index is 1.20. The van der Waals surface area contributed by atoms with Crippen LogP contribution < -0.4 is 5.32 Å². The molecule has 3 aromatic heterocycles. The predicted molar refractivity (Wildman–Crippen MR) is 131 cm³/mol. The maximum atomic E-state index is 12.3. The molecule has 35 heavy (non-hydrogen) atoms. The second-order valence-electron chi connectivity index (χ2n) is 10.5. The van der Waals surface area contributed by atoms with Gasteiger partial charge in [0, 0.05) is 43.4 Å². The number of aliphatic hydroxyl groups is 1. The molecule has 0 radical (unpaired) electrons. The normalized spacial score (nSPS) is 21.1. The highest BCUT2D eigenvalue weighted by molar-refractivity contribution is 5.68. The van der Waals surface area contributed by atoms with E-state index in [0.29, 0.717) is 31.4 Å². The molecule has 0 bridgehead atoms. The number of hydrogen-bond donors (Lipinski definition) is 2. The van der Waals surface area contributed by atoms with Crippen molar-refractivity contribution in [2.24, 2.45) is 5.92 Å². The second kappa shape index (κ2) is 9.41. The van der Waals surface area contributed by atoms with Gasteiger partial charge >= 0.3 is 6.09 Å². The first-order valence-corrected chi connectivity index (χ1v) is 12.3. The maximum Gasteiger partial charge on any atom is 0.410 e. The van der Waals surface area contributed by atoms with Gasteiger partial charge in [0.1, 0.15) is 5.60 Å². The number of β-amino-alcohol motifs (C(OH)–C–C–N with tert-alkyl or cyclic N) is 1. The summed E-state index contributed by atoms with van der Waals surface area (Å²) < 4.78 is 7.24. The molecule has 4 heterocycles. The summed E-state index contributed by atoms with van der Waals surface area (Å²) in [4.78, 5) is 27.6. The lowest BCUT2D eigenvalue weighted by molar-refractivity contribution is -0.0104. The predicted octanol–water partition coefficient (Wildman–Crippen LogP) is 3.48. The first-order chi connectivity index (χ1) is 16.7. The number of rotatable bonds is 5. The molecule has 3 aromatic rings. The van der Waals surface area contributed by atoms with E-state index in [2.05, 4.69) is 26.4 Å². The minimum atomic E-state index is -0.650. The molecule has 0 unspecified atom stereocenters. The molecule has 2 fully saturated rings. The van der Waals surface area contributed by atoms with Gasteiger partial charge in [-0.2, -0.15) is 5.10 Å². The monoisotopic (exact) mass is 479 g/mol. The number of nitrogens with zero attached hydrogens (tertiary/aromatic N) is 6. The molecule has 1 saturated heterocycles. The zero-order valence-electron chi connectivity index (χ0n) is 20.5. The summed E-state index contributed by atoms with van der Waals surface area (Å²) in [6.07, 6.45) is 6.92. The number of aliphatic hydroxyl groups excluding tert-OH is 1. The standard InChI is InChI=1S/C25H33N7O3/c1-25(2,3)35-24(34)31-11-8-17(21(33)15-31)14-27-23-26-10-7-18(29-23)19-9-12-32-22(28-19)13-20(30-32)16-5-4-6-16/h7,9-10,12-13,16-17,21,33H,4-6,8,11,14-15H2,1-3H3,(H,26,27,29)/t17-,21+/m0/s1. The van der Waals surface area contributed by atoms with Crippen molar-refractivity contribution in [3.05, 3.63) is 36.3 Å². The van der Waals surface area contributed by atoms with Crippen molar-refractivity contribution in [1.82, 2.24) is 29.5 Å². The van der Waals surface area contributed by atoms with E-state index in [1.54, 1.807) is 11.1 Å². The fourth-order valence-electron chi connectivity index (χ4n) is 4.46. The molecule has 0 spiro atoms. The summed E-state index contributed by atoms with van der Waals surface area (Å²) >= 11 is 0. The lowest BCUT2D eigenvalue weighted by atomic mass is 9.83. The van der Waals surface area contributed by atoms with E-state index in [4.69, 9.17) is 9.72 Å². The molecular formula is C25H33N7O3. The van der Waals surface area contributed by atoms with E-state index in [9.17, 15) is 9.90 Å². The molecule has 1 amide bonds. The number of anilines is 1. The van der Waals surface area contributed by atoms with E-state index >= 15 is 0 Å². The number of carbonyl (C=O) groups is 1. The third-order valence-electron chi connectivity index (χ3n) is 6.68. The smallest absolute Gasteiger partial charge is 0.410 e. The van der Waals surface area contributed by atoms with Crippen LogP contribution in [0.15, 0.2) is 30.6 Å². The van der Waals surface area contributed by atoms with Gasteiger partial charge in [-0.1, -0.05) is 6.42 Å². The Morgan fingerprint density at radius 1 is 1.20 bits per heavy atom. The van der Waals surface area contributed by atoms with Gasteiger partial charge in [0.2, 0.25) is 5.95 Å². The van der Waals surface area contributed by atoms with E-state index < -0.39 is 11.7 Å². The molecule has 2 aliphatic rings. The van der Waals surface area contributed by atoms with Crippen molar-refractivity contribution in [1.29, 1.82) is 0 Å². The highest BCUT2D eigenvalue weighted by Gasteiger charge is 2.32. The summed E-state index contributed by atoms with van der Waals surface area (Å²) in [5, 5.41) is 18.5. The van der Waals surface area contributed by atoms with Crippen LogP contribution in [0.25, 0.3) is 17.0 Å². The van der Waals surface area contributed by atoms with Gasteiger partial charge in [0.15, 0.2) is 5.65 Å². The number of hydrogen-bond acceptors (Lipinski definition) is 8. The summed E-state index contributed by atoms with van der Waals surface area (Å²) in [5.41, 5.74) is 2.85. The quantitative estimate of drug-likeness (QED) is 0.571. The maximum absolute atomic E-state index is 12.3. The number of carbonyl (C=O) groups excluding carboxylic acids is 1. The highest BCUT2D eigenvalue weighted by atomic mass is 16.6. The van der Waals surface area contributed by atoms with Gasteiger partial charge in [0.05, 0.1) is 29.7 Å². The number of aromatic nitrogens is 5. The van der Waals surface area contributed by atoms with Gasteiger partial charge in [-0.15, -0.1) is 0 Å². The molecule has 0 aromatic carbocycles. The molecule has 10 heteroatoms. The Labute approximate surface area is 204 Å². The van der Waals surface area contributed by atoms with Gasteiger partial charge < -0.3 is 20.1 Å². The lowest BCUT2D eigenvalue weighted by Gasteiger charge is -2.36. The third kappa shape index (κ3) is 5.37. The van der Waals surface area contributed by atoms with E-state index in [1.165, 1.54) is 19.3 Å². The molecule has 186 valence electrons. The SMILES string of the molecule is CC(C)(C)OC(=O)N1CC[C@@H](CNc2nccc(-c3ccn4nc(C5CCC5)cc4n3)n2)[C@H](O)C1. The molecule has 10 nitrogen and oxygen atoms in total. The number of nitrogens with one attached hydrogen (secondary N) is 1. The van der Waals surface area contributed by atoms with Gasteiger partial charge in [-0.25, -0.2) is 24.3 Å². The number of amides is 1. The van der Waals surface area contributed by atoms with E-state index in [-0.39, 0.29) is 18.6 Å². The minimum absolute atomic E-state index is 0.0212. The average Bonchev–Trinajstić information content (AvgIpc) is 3.18. The Morgan fingerprint density at radius 3 is 2.71 bits per heavy atom. The van der Waals surface area contributed by atoms with Crippen LogP contribution in [0.2, 0.25) is 0 Å². The van der Waals surface area contributed by atoms with Crippen molar-refractivity contribution >= 4 is 17.7 Å². The van der Waals surface area contributed by atoms with E-state index in [1.807, 2.05) is 43.6 Å². The fourth-order valence-corrected chi connectivity index (χ4v) is 4.46. The Hall–Kier alpha value is -3.27.